The van der Waals surface area contributed by atoms with Crippen LogP contribution in [0, 0.1) is 0 Å². The number of ether oxygens (including phenoxy) is 1. The second kappa shape index (κ2) is 7.47. The van der Waals surface area contributed by atoms with Crippen LogP contribution < -0.4 is 4.74 Å². The van der Waals surface area contributed by atoms with Crippen molar-refractivity contribution in [3.8, 4) is 5.75 Å². The van der Waals surface area contributed by atoms with Gasteiger partial charge in [0.2, 0.25) is 0 Å². The highest BCUT2D eigenvalue weighted by atomic mass is 32.2. The van der Waals surface area contributed by atoms with Gasteiger partial charge in [0, 0.05) is 5.56 Å². The molecule has 1 amide bonds. The molecule has 0 saturated carbocycles. The van der Waals surface area contributed by atoms with Crippen molar-refractivity contribution in [2.45, 2.75) is 18.0 Å². The van der Waals surface area contributed by atoms with Crippen LogP contribution in [0.25, 0.3) is 0 Å². The van der Waals surface area contributed by atoms with Crippen molar-refractivity contribution < 1.29 is 22.8 Å². The molecular weight excluding hydrogens is 396 g/mol. The van der Waals surface area contributed by atoms with Gasteiger partial charge in [-0.05, 0) is 37.3 Å². The van der Waals surface area contributed by atoms with Crippen molar-refractivity contribution in [1.82, 2.24) is 14.5 Å². The number of carbonyl (C=O) groups is 1. The zero-order valence-electron chi connectivity index (χ0n) is 15.9. The fourth-order valence-corrected chi connectivity index (χ4v) is 4.71. The van der Waals surface area contributed by atoms with E-state index in [2.05, 4.69) is 4.99 Å². The molecule has 4 rings (SSSR count). The lowest BCUT2D eigenvalue weighted by Gasteiger charge is -2.47. The molecule has 152 valence electrons. The Morgan fingerprint density at radius 3 is 2.55 bits per heavy atom. The van der Waals surface area contributed by atoms with Crippen LogP contribution in [0.3, 0.4) is 0 Å². The first-order chi connectivity index (χ1) is 14.0. The molecule has 0 spiro atoms. The van der Waals surface area contributed by atoms with E-state index in [1.165, 1.54) is 35.7 Å². The number of rotatable bonds is 5. The fraction of sp³-hybridized carbons (Fsp3) is 0.263. The predicted octanol–water partition coefficient (Wildman–Crippen LogP) is 2.07. The van der Waals surface area contributed by atoms with E-state index < -0.39 is 28.6 Å². The summed E-state index contributed by atoms with van der Waals surface area (Å²) in [7, 11) is -2.52. The summed E-state index contributed by atoms with van der Waals surface area (Å²) in [5.41, 5.74) is 1.32. The first kappa shape index (κ1) is 19.4. The molecule has 1 unspecified atom stereocenters. The molecular formula is C19H20N4O5S. The molecule has 9 nitrogen and oxygen atoms in total. The summed E-state index contributed by atoms with van der Waals surface area (Å²) in [4.78, 5) is 22.8. The van der Waals surface area contributed by atoms with Gasteiger partial charge in [-0.3, -0.25) is 14.6 Å². The highest BCUT2D eigenvalue weighted by Crippen LogP contribution is 2.40. The molecule has 10 heteroatoms. The Kier molecular flexibility index (Phi) is 4.99. The molecule has 2 aliphatic rings. The van der Waals surface area contributed by atoms with Gasteiger partial charge in [0.15, 0.2) is 6.17 Å². The molecule has 2 aromatic carbocycles. The monoisotopic (exact) mass is 416 g/mol. The summed E-state index contributed by atoms with van der Waals surface area (Å²) in [5, 5.41) is 2.63. The van der Waals surface area contributed by atoms with Gasteiger partial charge in [-0.15, -0.1) is 0 Å². The second-order valence-electron chi connectivity index (χ2n) is 6.36. The number of aliphatic imine (C=N–C) groups is 1. The Labute approximate surface area is 168 Å². The third kappa shape index (κ3) is 3.24. The number of benzene rings is 2. The van der Waals surface area contributed by atoms with E-state index in [1.54, 1.807) is 31.2 Å². The Balaban J connectivity index is 1.79. The van der Waals surface area contributed by atoms with Gasteiger partial charge in [0.05, 0.1) is 24.3 Å². The first-order valence-corrected chi connectivity index (χ1v) is 10.4. The van der Waals surface area contributed by atoms with Gasteiger partial charge in [-0.25, -0.2) is 13.4 Å². The number of hydrogen-bond acceptors (Lipinski definition) is 7. The maximum atomic E-state index is 13.3. The Hall–Kier alpha value is -2.95. The average molecular weight is 416 g/mol. The van der Waals surface area contributed by atoms with Crippen LogP contribution >= 0.6 is 0 Å². The van der Waals surface area contributed by atoms with Gasteiger partial charge < -0.3 is 4.74 Å². The van der Waals surface area contributed by atoms with Crippen LogP contribution in [0.4, 0.5) is 5.69 Å². The molecule has 0 N–H and O–H groups in total. The van der Waals surface area contributed by atoms with Crippen molar-refractivity contribution in [1.29, 1.82) is 0 Å². The summed E-state index contributed by atoms with van der Waals surface area (Å²) in [6, 6.07) is 13.2. The third-order valence-corrected chi connectivity index (χ3v) is 6.42. The number of sulfonamides is 1. The largest absolute Gasteiger partial charge is 0.497 e. The molecule has 1 fully saturated rings. The van der Waals surface area contributed by atoms with Crippen LogP contribution in [0.5, 0.6) is 5.75 Å². The molecule has 2 aliphatic heterocycles. The number of hydrazine groups is 1. The van der Waals surface area contributed by atoms with E-state index in [9.17, 15) is 13.2 Å². The first-order valence-electron chi connectivity index (χ1n) is 9.00. The number of fused-ring (bicyclic) bond motifs is 3. The van der Waals surface area contributed by atoms with Crippen molar-refractivity contribution in [3.63, 3.8) is 0 Å². The number of para-hydroxylation sites is 1. The van der Waals surface area contributed by atoms with Crippen LogP contribution in [0.2, 0.25) is 0 Å². The Morgan fingerprint density at radius 1 is 1.14 bits per heavy atom. The minimum atomic E-state index is -4.02. The maximum absolute atomic E-state index is 13.3. The number of amides is 1. The van der Waals surface area contributed by atoms with Crippen molar-refractivity contribution >= 4 is 28.0 Å². The summed E-state index contributed by atoms with van der Waals surface area (Å²) in [6.45, 7) is 1.63. The minimum Gasteiger partial charge on any atom is -0.497 e. The molecule has 2 aromatic rings. The molecule has 0 bridgehead atoms. The summed E-state index contributed by atoms with van der Waals surface area (Å²) in [5.74, 6) is 0.0721. The normalized spacial score (nSPS) is 19.1. The van der Waals surface area contributed by atoms with E-state index in [1.807, 2.05) is 12.1 Å². The molecule has 0 aliphatic carbocycles. The molecule has 29 heavy (non-hydrogen) atoms. The summed E-state index contributed by atoms with van der Waals surface area (Å²) in [6.07, 6.45) is 0.630. The maximum Gasteiger partial charge on any atom is 0.265 e. The topological polar surface area (TPSA) is 91.8 Å². The SMILES string of the molecule is CCON1C(=O)CN(S(=O)(=O)c2ccc(OC)cc2)N2C=Nc3ccccc3C12. The fourth-order valence-electron chi connectivity index (χ4n) is 3.33. The number of carbonyl (C=O) groups excluding carboxylic acids is 1. The van der Waals surface area contributed by atoms with Gasteiger partial charge in [0.1, 0.15) is 18.6 Å². The number of hydroxylamine groups is 2. The summed E-state index contributed by atoms with van der Waals surface area (Å²) >= 11 is 0. The predicted molar refractivity (Wildman–Crippen MR) is 105 cm³/mol. The van der Waals surface area contributed by atoms with Crippen LogP contribution in [-0.2, 0) is 19.7 Å². The van der Waals surface area contributed by atoms with E-state index in [0.717, 1.165) is 4.41 Å². The molecule has 0 aromatic heterocycles. The lowest BCUT2D eigenvalue weighted by atomic mass is 10.1. The second-order valence-corrected chi connectivity index (χ2v) is 8.20. The van der Waals surface area contributed by atoms with Crippen LogP contribution in [0.15, 0.2) is 58.4 Å². The average Bonchev–Trinajstić information content (AvgIpc) is 2.75. The van der Waals surface area contributed by atoms with Gasteiger partial charge in [-0.1, -0.05) is 22.6 Å². The third-order valence-electron chi connectivity index (χ3n) is 4.68. The van der Waals surface area contributed by atoms with Gasteiger partial charge >= 0.3 is 0 Å². The standard InChI is InChI=1S/C19H20N4O5S/c1-3-28-23-18(24)12-22(29(25,26)15-10-8-14(27-2)9-11-15)21-13-20-17-7-5-4-6-16(17)19(21)23/h4-11,13,19H,3,12H2,1-2H3. The molecule has 1 atom stereocenters. The van der Waals surface area contributed by atoms with Gasteiger partial charge in [-0.2, -0.15) is 5.06 Å². The lowest BCUT2D eigenvalue weighted by molar-refractivity contribution is -0.241. The van der Waals surface area contributed by atoms with E-state index in [-0.39, 0.29) is 11.5 Å². The van der Waals surface area contributed by atoms with Crippen molar-refractivity contribution in [3.05, 3.63) is 54.1 Å². The van der Waals surface area contributed by atoms with Gasteiger partial charge in [0.25, 0.3) is 15.9 Å². The lowest BCUT2D eigenvalue weighted by Crippen LogP contribution is -2.62. The quantitative estimate of drug-likeness (QED) is 0.741. The van der Waals surface area contributed by atoms with Crippen molar-refractivity contribution in [2.24, 2.45) is 4.99 Å². The number of nitrogens with zero attached hydrogens (tertiary/aromatic N) is 4. The van der Waals surface area contributed by atoms with E-state index in [4.69, 9.17) is 9.57 Å². The highest BCUT2D eigenvalue weighted by Gasteiger charge is 2.47. The Bertz CT molecular complexity index is 1050. The minimum absolute atomic E-state index is 0.0435. The van der Waals surface area contributed by atoms with Crippen LogP contribution in [0.1, 0.15) is 18.7 Å². The zero-order valence-corrected chi connectivity index (χ0v) is 16.7. The number of hydrogen-bond donors (Lipinski definition) is 0. The van der Waals surface area contributed by atoms with E-state index >= 15 is 0 Å². The van der Waals surface area contributed by atoms with Crippen LogP contribution in [-0.4, -0.2) is 55.4 Å². The number of methoxy groups -OCH3 is 1. The zero-order chi connectivity index (χ0) is 20.6. The van der Waals surface area contributed by atoms with Crippen molar-refractivity contribution in [2.75, 3.05) is 20.3 Å². The van der Waals surface area contributed by atoms with E-state index in [0.29, 0.717) is 17.0 Å². The smallest absolute Gasteiger partial charge is 0.265 e. The molecule has 0 radical (unpaired) electrons. The summed E-state index contributed by atoms with van der Waals surface area (Å²) < 4.78 is 32.8. The Morgan fingerprint density at radius 2 is 1.86 bits per heavy atom. The molecule has 1 saturated heterocycles. The molecule has 2 heterocycles. The highest BCUT2D eigenvalue weighted by molar-refractivity contribution is 7.89.